The van der Waals surface area contributed by atoms with Crippen molar-refractivity contribution < 1.29 is 0 Å². The van der Waals surface area contributed by atoms with Crippen LogP contribution in [-0.2, 0) is 0 Å². The maximum Gasteiger partial charge on any atom is 0.221 e. The molecule has 0 saturated carbocycles. The van der Waals surface area contributed by atoms with Crippen LogP contribution in [0.3, 0.4) is 0 Å². The molecule has 0 atom stereocenters. The largest absolute Gasteiger partial charge is 0.279 e. The molecule has 0 aliphatic rings. The van der Waals surface area contributed by atoms with Gasteiger partial charge in [-0.25, -0.2) is 9.97 Å². The molecule has 3 heterocycles. The van der Waals surface area contributed by atoms with Crippen molar-refractivity contribution in [2.24, 2.45) is 0 Å². The van der Waals surface area contributed by atoms with E-state index in [1.54, 1.807) is 0 Å². The summed E-state index contributed by atoms with van der Waals surface area (Å²) in [6.45, 7) is 0. The van der Waals surface area contributed by atoms with Crippen LogP contribution >= 0.6 is 0 Å². The summed E-state index contributed by atoms with van der Waals surface area (Å²) in [4.78, 5) is 10.1. The molecule has 4 heteroatoms. The molecule has 0 fully saturated rings. The average molecular weight is 384 g/mol. The van der Waals surface area contributed by atoms with Crippen LogP contribution in [0, 0.1) is 0 Å². The first-order chi connectivity index (χ1) is 14.9. The van der Waals surface area contributed by atoms with Crippen LogP contribution < -0.4 is 0 Å². The van der Waals surface area contributed by atoms with Crippen molar-refractivity contribution in [2.45, 2.75) is 0 Å². The molecule has 0 aliphatic heterocycles. The van der Waals surface area contributed by atoms with E-state index in [9.17, 15) is 0 Å². The van der Waals surface area contributed by atoms with Crippen LogP contribution in [0.15, 0.2) is 97.1 Å². The van der Waals surface area contributed by atoms with Gasteiger partial charge in [0.2, 0.25) is 5.95 Å². The highest BCUT2D eigenvalue weighted by Crippen LogP contribution is 2.33. The minimum Gasteiger partial charge on any atom is -0.279 e. The molecule has 7 rings (SSSR count). The van der Waals surface area contributed by atoms with E-state index in [1.165, 1.54) is 10.8 Å². The van der Waals surface area contributed by atoms with Gasteiger partial charge < -0.3 is 0 Å². The second-order valence-corrected chi connectivity index (χ2v) is 7.56. The van der Waals surface area contributed by atoms with Gasteiger partial charge in [0.25, 0.3) is 0 Å². The van der Waals surface area contributed by atoms with E-state index in [0.29, 0.717) is 0 Å². The predicted octanol–water partition coefficient (Wildman–Crippen LogP) is 6.13. The van der Waals surface area contributed by atoms with Crippen molar-refractivity contribution in [3.63, 3.8) is 0 Å². The van der Waals surface area contributed by atoms with Gasteiger partial charge in [0.1, 0.15) is 5.65 Å². The Morgan fingerprint density at radius 3 is 1.70 bits per heavy atom. The number of fused-ring (bicyclic) bond motifs is 8. The smallest absolute Gasteiger partial charge is 0.221 e. The first-order valence-electron chi connectivity index (χ1n) is 10.0. The lowest BCUT2D eigenvalue weighted by Gasteiger charge is -2.12. The third-order valence-corrected chi connectivity index (χ3v) is 5.91. The Morgan fingerprint density at radius 2 is 1.00 bits per heavy atom. The van der Waals surface area contributed by atoms with Gasteiger partial charge in [-0.1, -0.05) is 60.7 Å². The van der Waals surface area contributed by atoms with Gasteiger partial charge in [-0.2, -0.15) is 0 Å². The highest BCUT2D eigenvalue weighted by atomic mass is 15.2. The van der Waals surface area contributed by atoms with Crippen LogP contribution in [0.4, 0.5) is 0 Å². The summed E-state index contributed by atoms with van der Waals surface area (Å²) in [6, 6.07) is 33.5. The summed E-state index contributed by atoms with van der Waals surface area (Å²) in [5.74, 6) is 0.856. The Morgan fingerprint density at radius 1 is 0.467 bits per heavy atom. The molecule has 0 unspecified atom stereocenters. The Hall–Kier alpha value is -4.18. The Labute approximate surface area is 171 Å². The van der Waals surface area contributed by atoms with Gasteiger partial charge in [0.05, 0.1) is 27.6 Å². The van der Waals surface area contributed by atoms with E-state index in [1.807, 2.05) is 18.2 Å². The van der Waals surface area contributed by atoms with E-state index in [2.05, 4.69) is 87.8 Å². The van der Waals surface area contributed by atoms with E-state index in [0.717, 1.165) is 44.6 Å². The molecule has 7 aromatic rings. The van der Waals surface area contributed by atoms with Crippen LogP contribution in [0.25, 0.3) is 55.3 Å². The molecule has 0 aliphatic carbocycles. The molecule has 0 saturated heterocycles. The molecular weight excluding hydrogens is 368 g/mol. The van der Waals surface area contributed by atoms with Gasteiger partial charge in [-0.3, -0.25) is 8.97 Å². The molecule has 3 aromatic heterocycles. The van der Waals surface area contributed by atoms with Gasteiger partial charge in [-0.15, -0.1) is 0 Å². The SMILES string of the molecule is c1ccc2c(c1)nc(-n1c3ccccc3c3ccccc31)n1c3ccccc3nc21. The first kappa shape index (κ1) is 15.7. The highest BCUT2D eigenvalue weighted by Gasteiger charge is 2.19. The number of hydrogen-bond donors (Lipinski definition) is 0. The Balaban J connectivity index is 1.79. The second kappa shape index (κ2) is 5.67. The summed E-state index contributed by atoms with van der Waals surface area (Å²) in [5.41, 5.74) is 6.18. The van der Waals surface area contributed by atoms with Gasteiger partial charge >= 0.3 is 0 Å². The molecule has 0 bridgehead atoms. The molecule has 4 aromatic carbocycles. The van der Waals surface area contributed by atoms with Crippen LogP contribution in [0.5, 0.6) is 0 Å². The fraction of sp³-hybridized carbons (Fsp3) is 0. The topological polar surface area (TPSA) is 35.1 Å². The zero-order valence-electron chi connectivity index (χ0n) is 16.0. The number of nitrogens with zero attached hydrogens (tertiary/aromatic N) is 4. The van der Waals surface area contributed by atoms with Crippen LogP contribution in [0.2, 0.25) is 0 Å². The molecule has 0 spiro atoms. The van der Waals surface area contributed by atoms with Crippen molar-refractivity contribution in [1.82, 2.24) is 18.9 Å². The van der Waals surface area contributed by atoms with E-state index in [-0.39, 0.29) is 0 Å². The van der Waals surface area contributed by atoms with Crippen LogP contribution in [0.1, 0.15) is 0 Å². The van der Waals surface area contributed by atoms with Gasteiger partial charge in [0.15, 0.2) is 0 Å². The van der Waals surface area contributed by atoms with Crippen molar-refractivity contribution in [3.05, 3.63) is 97.1 Å². The number of benzene rings is 4. The summed E-state index contributed by atoms with van der Waals surface area (Å²) >= 11 is 0. The zero-order chi connectivity index (χ0) is 19.7. The van der Waals surface area contributed by atoms with E-state index in [4.69, 9.17) is 9.97 Å². The predicted molar refractivity (Wildman–Crippen MR) is 122 cm³/mol. The van der Waals surface area contributed by atoms with E-state index >= 15 is 0 Å². The number of para-hydroxylation sites is 5. The van der Waals surface area contributed by atoms with Crippen molar-refractivity contribution in [1.29, 1.82) is 0 Å². The minimum atomic E-state index is 0.856. The molecule has 30 heavy (non-hydrogen) atoms. The Kier molecular flexibility index (Phi) is 2.97. The number of hydrogen-bond acceptors (Lipinski definition) is 2. The van der Waals surface area contributed by atoms with Gasteiger partial charge in [-0.05, 0) is 36.4 Å². The normalized spacial score (nSPS) is 12.0. The lowest BCUT2D eigenvalue weighted by molar-refractivity contribution is 0.979. The zero-order valence-corrected chi connectivity index (χ0v) is 16.0. The molecule has 4 nitrogen and oxygen atoms in total. The summed E-state index contributed by atoms with van der Waals surface area (Å²) in [7, 11) is 0. The lowest BCUT2D eigenvalue weighted by atomic mass is 10.2. The number of imidazole rings is 1. The monoisotopic (exact) mass is 384 g/mol. The summed E-state index contributed by atoms with van der Waals surface area (Å²) in [6.07, 6.45) is 0. The summed E-state index contributed by atoms with van der Waals surface area (Å²) in [5, 5.41) is 3.50. The molecule has 0 amide bonds. The maximum absolute atomic E-state index is 5.15. The molecule has 0 radical (unpaired) electrons. The maximum atomic E-state index is 5.15. The van der Waals surface area contributed by atoms with Gasteiger partial charge in [0, 0.05) is 16.2 Å². The fourth-order valence-corrected chi connectivity index (χ4v) is 4.62. The molecule has 0 N–H and O–H groups in total. The van der Waals surface area contributed by atoms with Crippen LogP contribution in [-0.4, -0.2) is 18.9 Å². The third kappa shape index (κ3) is 1.95. The molecular formula is C26H16N4. The first-order valence-corrected chi connectivity index (χ1v) is 10.0. The number of rotatable bonds is 1. The third-order valence-electron chi connectivity index (χ3n) is 5.91. The number of aromatic nitrogens is 4. The molecule has 140 valence electrons. The summed E-state index contributed by atoms with van der Waals surface area (Å²) < 4.78 is 4.45. The second-order valence-electron chi connectivity index (χ2n) is 7.56. The van der Waals surface area contributed by atoms with Crippen molar-refractivity contribution >= 4 is 49.4 Å². The Bertz CT molecular complexity index is 1700. The highest BCUT2D eigenvalue weighted by molar-refractivity contribution is 6.09. The minimum absolute atomic E-state index is 0.856. The average Bonchev–Trinajstić information content (AvgIpc) is 3.35. The van der Waals surface area contributed by atoms with Crippen molar-refractivity contribution in [3.8, 4) is 5.95 Å². The quantitative estimate of drug-likeness (QED) is 0.341. The van der Waals surface area contributed by atoms with Crippen molar-refractivity contribution in [2.75, 3.05) is 0 Å². The van der Waals surface area contributed by atoms with E-state index < -0.39 is 0 Å². The fourth-order valence-electron chi connectivity index (χ4n) is 4.62. The lowest BCUT2D eigenvalue weighted by Crippen LogP contribution is -2.06. The standard InChI is InChI=1S/C26H16N4/c1-4-12-20-19(11-1)25-27-21-13-5-8-16-24(21)30(25)26(28-20)29-22-14-6-2-9-17(22)18-10-3-7-15-23(18)29/h1-16H.